The standard InChI is InChI=1S/C11H10N2O3S/c1-7-5-9(12-16-7)13-10(14)6-17-11(13)8-3-2-4-15-8/h2-5,11H,6H2,1H3. The van der Waals surface area contributed by atoms with Gasteiger partial charge >= 0.3 is 0 Å². The second kappa shape index (κ2) is 3.96. The first-order valence-electron chi connectivity index (χ1n) is 5.16. The van der Waals surface area contributed by atoms with Gasteiger partial charge in [0.25, 0.3) is 0 Å². The van der Waals surface area contributed by atoms with Crippen LogP contribution in [0.2, 0.25) is 0 Å². The second-order valence-electron chi connectivity index (χ2n) is 3.74. The number of rotatable bonds is 2. The molecule has 2 aromatic rings. The van der Waals surface area contributed by atoms with E-state index in [9.17, 15) is 4.79 Å². The van der Waals surface area contributed by atoms with Crippen molar-refractivity contribution >= 4 is 23.5 Å². The Balaban J connectivity index is 1.97. The predicted octanol–water partition coefficient (Wildman–Crippen LogP) is 2.35. The smallest absolute Gasteiger partial charge is 0.239 e. The highest BCUT2D eigenvalue weighted by Gasteiger charge is 2.37. The maximum absolute atomic E-state index is 11.9. The largest absolute Gasteiger partial charge is 0.466 e. The highest BCUT2D eigenvalue weighted by atomic mass is 32.2. The summed E-state index contributed by atoms with van der Waals surface area (Å²) in [5.74, 6) is 2.42. The first-order valence-corrected chi connectivity index (χ1v) is 6.21. The topological polar surface area (TPSA) is 59.5 Å². The van der Waals surface area contributed by atoms with Crippen LogP contribution < -0.4 is 4.90 Å². The minimum Gasteiger partial charge on any atom is -0.466 e. The molecule has 5 nitrogen and oxygen atoms in total. The lowest BCUT2D eigenvalue weighted by molar-refractivity contribution is -0.116. The van der Waals surface area contributed by atoms with Crippen molar-refractivity contribution in [2.45, 2.75) is 12.3 Å². The molecule has 0 radical (unpaired) electrons. The molecule has 2 aromatic heterocycles. The second-order valence-corrected chi connectivity index (χ2v) is 4.81. The van der Waals surface area contributed by atoms with E-state index >= 15 is 0 Å². The van der Waals surface area contributed by atoms with Crippen molar-refractivity contribution in [1.82, 2.24) is 5.16 Å². The van der Waals surface area contributed by atoms with E-state index in [1.807, 2.05) is 12.1 Å². The number of anilines is 1. The van der Waals surface area contributed by atoms with Gasteiger partial charge in [0.15, 0.2) is 5.82 Å². The Morgan fingerprint density at radius 2 is 2.47 bits per heavy atom. The Labute approximate surface area is 102 Å². The van der Waals surface area contributed by atoms with Crippen LogP contribution in [0.25, 0.3) is 0 Å². The summed E-state index contributed by atoms with van der Waals surface area (Å²) in [7, 11) is 0. The third-order valence-corrected chi connectivity index (χ3v) is 3.69. The van der Waals surface area contributed by atoms with E-state index in [1.54, 1.807) is 24.2 Å². The molecule has 1 unspecified atom stereocenters. The van der Waals surface area contributed by atoms with Gasteiger partial charge in [0.05, 0.1) is 12.0 Å². The number of hydrogen-bond donors (Lipinski definition) is 0. The zero-order valence-corrected chi connectivity index (χ0v) is 9.94. The third-order valence-electron chi connectivity index (χ3n) is 2.52. The Morgan fingerprint density at radius 1 is 1.59 bits per heavy atom. The van der Waals surface area contributed by atoms with E-state index in [-0.39, 0.29) is 11.3 Å². The van der Waals surface area contributed by atoms with Crippen LogP contribution in [0.5, 0.6) is 0 Å². The number of nitrogens with zero attached hydrogens (tertiary/aromatic N) is 2. The lowest BCUT2D eigenvalue weighted by atomic mass is 10.3. The van der Waals surface area contributed by atoms with E-state index in [2.05, 4.69) is 5.16 Å². The molecule has 0 N–H and O–H groups in total. The minimum absolute atomic E-state index is 0.0182. The molecule has 3 rings (SSSR count). The Bertz CT molecular complexity index is 535. The fraction of sp³-hybridized carbons (Fsp3) is 0.273. The van der Waals surface area contributed by atoms with Gasteiger partial charge in [-0.25, -0.2) is 0 Å². The Kier molecular flexibility index (Phi) is 2.44. The lowest BCUT2D eigenvalue weighted by Crippen LogP contribution is -2.27. The number of carbonyl (C=O) groups is 1. The number of aromatic nitrogens is 1. The van der Waals surface area contributed by atoms with Crippen LogP contribution in [-0.2, 0) is 4.79 Å². The summed E-state index contributed by atoms with van der Waals surface area (Å²) in [6, 6.07) is 5.42. The number of hydrogen-bond acceptors (Lipinski definition) is 5. The average molecular weight is 250 g/mol. The van der Waals surface area contributed by atoms with Crippen LogP contribution in [0.1, 0.15) is 16.9 Å². The average Bonchev–Trinajstić information content (AvgIpc) is 2.97. The summed E-state index contributed by atoms with van der Waals surface area (Å²) in [5.41, 5.74) is 0. The molecule has 0 saturated carbocycles. The van der Waals surface area contributed by atoms with Crippen molar-refractivity contribution in [3.63, 3.8) is 0 Å². The highest BCUT2D eigenvalue weighted by Crippen LogP contribution is 2.41. The van der Waals surface area contributed by atoms with Crippen molar-refractivity contribution in [3.8, 4) is 0 Å². The predicted molar refractivity (Wildman–Crippen MR) is 62.6 cm³/mol. The molecule has 1 atom stereocenters. The van der Waals surface area contributed by atoms with Gasteiger partial charge in [0, 0.05) is 6.07 Å². The number of aryl methyl sites for hydroxylation is 1. The zero-order valence-electron chi connectivity index (χ0n) is 9.12. The summed E-state index contributed by atoms with van der Waals surface area (Å²) in [4.78, 5) is 13.5. The minimum atomic E-state index is -0.151. The van der Waals surface area contributed by atoms with Crippen LogP contribution in [0, 0.1) is 6.92 Å². The molecule has 1 saturated heterocycles. The molecule has 0 aliphatic carbocycles. The van der Waals surface area contributed by atoms with Crippen LogP contribution in [-0.4, -0.2) is 16.8 Å². The van der Waals surface area contributed by atoms with Gasteiger partial charge in [-0.3, -0.25) is 9.69 Å². The zero-order chi connectivity index (χ0) is 11.8. The molecule has 88 valence electrons. The van der Waals surface area contributed by atoms with Gasteiger partial charge in [-0.05, 0) is 19.1 Å². The molecule has 1 aliphatic rings. The van der Waals surface area contributed by atoms with Gasteiger partial charge < -0.3 is 8.94 Å². The van der Waals surface area contributed by atoms with E-state index in [4.69, 9.17) is 8.94 Å². The van der Waals surface area contributed by atoms with E-state index in [0.717, 1.165) is 5.76 Å². The number of thioether (sulfide) groups is 1. The van der Waals surface area contributed by atoms with E-state index in [1.165, 1.54) is 11.8 Å². The molecule has 17 heavy (non-hydrogen) atoms. The molecule has 0 aromatic carbocycles. The fourth-order valence-electron chi connectivity index (χ4n) is 1.78. The molecule has 6 heteroatoms. The molecular weight excluding hydrogens is 240 g/mol. The van der Waals surface area contributed by atoms with Gasteiger partial charge in [-0.2, -0.15) is 0 Å². The number of amides is 1. The molecule has 1 amide bonds. The Hall–Kier alpha value is -1.69. The lowest BCUT2D eigenvalue weighted by Gasteiger charge is -2.18. The molecular formula is C11H10N2O3S. The number of carbonyl (C=O) groups excluding carboxylic acids is 1. The van der Waals surface area contributed by atoms with Crippen LogP contribution >= 0.6 is 11.8 Å². The number of furan rings is 1. The summed E-state index contributed by atoms with van der Waals surface area (Å²) in [6.07, 6.45) is 1.60. The molecule has 3 heterocycles. The summed E-state index contributed by atoms with van der Waals surface area (Å²) in [6.45, 7) is 1.80. The van der Waals surface area contributed by atoms with Crippen molar-refractivity contribution in [3.05, 3.63) is 36.0 Å². The molecule has 0 bridgehead atoms. The maximum Gasteiger partial charge on any atom is 0.239 e. The summed E-state index contributed by atoms with van der Waals surface area (Å²) < 4.78 is 10.4. The van der Waals surface area contributed by atoms with Gasteiger partial charge in [0.1, 0.15) is 16.9 Å². The normalized spacial score (nSPS) is 20.2. The molecule has 0 spiro atoms. The fourth-order valence-corrected chi connectivity index (χ4v) is 2.89. The molecule has 1 fully saturated rings. The monoisotopic (exact) mass is 250 g/mol. The van der Waals surface area contributed by atoms with E-state index in [0.29, 0.717) is 17.3 Å². The van der Waals surface area contributed by atoms with Crippen molar-refractivity contribution in [2.24, 2.45) is 0 Å². The quantitative estimate of drug-likeness (QED) is 0.818. The summed E-state index contributed by atoms with van der Waals surface area (Å²) in [5, 5.41) is 3.73. The third kappa shape index (κ3) is 1.74. The Morgan fingerprint density at radius 3 is 3.12 bits per heavy atom. The van der Waals surface area contributed by atoms with Crippen molar-refractivity contribution in [2.75, 3.05) is 10.7 Å². The first kappa shape index (κ1) is 10.5. The van der Waals surface area contributed by atoms with Gasteiger partial charge in [-0.1, -0.05) is 5.16 Å². The van der Waals surface area contributed by atoms with Gasteiger partial charge in [-0.15, -0.1) is 11.8 Å². The molecule has 1 aliphatic heterocycles. The van der Waals surface area contributed by atoms with E-state index < -0.39 is 0 Å². The van der Waals surface area contributed by atoms with Crippen LogP contribution in [0.15, 0.2) is 33.4 Å². The SMILES string of the molecule is Cc1cc(N2C(=O)CSC2c2ccco2)no1. The highest BCUT2D eigenvalue weighted by molar-refractivity contribution is 8.00. The first-order chi connectivity index (χ1) is 8.25. The van der Waals surface area contributed by atoms with Crippen LogP contribution in [0.4, 0.5) is 5.82 Å². The van der Waals surface area contributed by atoms with Crippen LogP contribution in [0.3, 0.4) is 0 Å². The summed E-state index contributed by atoms with van der Waals surface area (Å²) >= 11 is 1.52. The maximum atomic E-state index is 11.9. The van der Waals surface area contributed by atoms with Gasteiger partial charge in [0.2, 0.25) is 5.91 Å². The van der Waals surface area contributed by atoms with Crippen molar-refractivity contribution in [1.29, 1.82) is 0 Å². The van der Waals surface area contributed by atoms with Crippen molar-refractivity contribution < 1.29 is 13.7 Å².